The zero-order valence-corrected chi connectivity index (χ0v) is 18.1. The number of methoxy groups -OCH3 is 1. The summed E-state index contributed by atoms with van der Waals surface area (Å²) >= 11 is 0. The second-order valence-electron chi connectivity index (χ2n) is 7.04. The number of benzene rings is 2. The fourth-order valence-electron chi connectivity index (χ4n) is 3.08. The van der Waals surface area contributed by atoms with E-state index in [9.17, 15) is 19.2 Å². The molecule has 166 valence electrons. The number of esters is 2. The number of anilines is 1. The van der Waals surface area contributed by atoms with Crippen LogP contribution in [0.3, 0.4) is 0 Å². The zero-order chi connectivity index (χ0) is 23.4. The molecule has 1 atom stereocenters. The summed E-state index contributed by atoms with van der Waals surface area (Å²) < 4.78 is 12.9. The minimum atomic E-state index is -1.16. The van der Waals surface area contributed by atoms with E-state index in [-0.39, 0.29) is 16.8 Å². The Balaban J connectivity index is 1.73. The van der Waals surface area contributed by atoms with Crippen molar-refractivity contribution < 1.29 is 23.9 Å². The lowest BCUT2D eigenvalue weighted by Crippen LogP contribution is -2.32. The maximum atomic E-state index is 12.9. The topological polar surface area (TPSA) is 109 Å². The molecule has 0 bridgehead atoms. The van der Waals surface area contributed by atoms with Gasteiger partial charge >= 0.3 is 11.9 Å². The normalized spacial score (nSPS) is 11.5. The largest absolute Gasteiger partial charge is 0.465 e. The number of aromatic nitrogens is 2. The fourth-order valence-corrected chi connectivity index (χ4v) is 3.08. The highest BCUT2D eigenvalue weighted by Crippen LogP contribution is 2.15. The number of nitrogens with zero attached hydrogens (tertiary/aromatic N) is 2. The van der Waals surface area contributed by atoms with Crippen molar-refractivity contribution in [3.63, 3.8) is 0 Å². The third-order valence-corrected chi connectivity index (χ3v) is 5.00. The monoisotopic (exact) mass is 437 g/mol. The molecule has 9 nitrogen and oxygen atoms in total. The molecule has 2 aromatic carbocycles. The summed E-state index contributed by atoms with van der Waals surface area (Å²) in [5.41, 5.74) is 1.35. The molecule has 0 radical (unpaired) electrons. The number of carbonyl (C=O) groups excluding carboxylic acids is 3. The lowest BCUT2D eigenvalue weighted by Gasteiger charge is -2.13. The molecule has 0 spiro atoms. The first kappa shape index (κ1) is 22.5. The van der Waals surface area contributed by atoms with Crippen LogP contribution in [-0.2, 0) is 21.3 Å². The molecule has 1 heterocycles. The Kier molecular flexibility index (Phi) is 6.58. The number of amides is 1. The molecule has 3 rings (SSSR count). The molecule has 32 heavy (non-hydrogen) atoms. The fraction of sp³-hybridized carbons (Fsp3) is 0.217. The lowest BCUT2D eigenvalue weighted by atomic mass is 10.1. The van der Waals surface area contributed by atoms with Gasteiger partial charge < -0.3 is 14.8 Å². The van der Waals surface area contributed by atoms with Crippen LogP contribution < -0.4 is 10.9 Å². The summed E-state index contributed by atoms with van der Waals surface area (Å²) in [7, 11) is 2.97. The van der Waals surface area contributed by atoms with Crippen LogP contribution in [0.15, 0.2) is 59.4 Å². The van der Waals surface area contributed by atoms with Crippen molar-refractivity contribution in [1.82, 2.24) is 9.36 Å². The van der Waals surface area contributed by atoms with E-state index in [1.807, 2.05) is 18.2 Å². The van der Waals surface area contributed by atoms with Gasteiger partial charge in [-0.05, 0) is 50.2 Å². The molecule has 0 saturated heterocycles. The van der Waals surface area contributed by atoms with E-state index in [1.165, 1.54) is 43.0 Å². The van der Waals surface area contributed by atoms with Gasteiger partial charge in [0.15, 0.2) is 6.10 Å². The van der Waals surface area contributed by atoms with Crippen LogP contribution in [0.25, 0.3) is 5.69 Å². The molecule has 0 aliphatic carbocycles. The van der Waals surface area contributed by atoms with Crippen molar-refractivity contribution in [1.29, 1.82) is 0 Å². The standard InChI is InChI=1S/C23H23N3O6/c1-14-19(21(28)26(25(14)3)18-8-6-5-7-9-18)24-20(27)15(2)32-23(30)17-12-10-16(11-13-17)22(29)31-4/h5-13,15H,1-4H3,(H,24,27). The summed E-state index contributed by atoms with van der Waals surface area (Å²) in [6.45, 7) is 3.11. The number of hydrogen-bond donors (Lipinski definition) is 1. The van der Waals surface area contributed by atoms with E-state index in [1.54, 1.807) is 30.8 Å². The predicted octanol–water partition coefficient (Wildman–Crippen LogP) is 2.46. The summed E-state index contributed by atoms with van der Waals surface area (Å²) in [4.78, 5) is 49.4. The Morgan fingerprint density at radius 1 is 0.938 bits per heavy atom. The van der Waals surface area contributed by atoms with Crippen LogP contribution in [0.5, 0.6) is 0 Å². The zero-order valence-electron chi connectivity index (χ0n) is 18.1. The van der Waals surface area contributed by atoms with Crippen molar-refractivity contribution in [2.45, 2.75) is 20.0 Å². The SMILES string of the molecule is COC(=O)c1ccc(C(=O)OC(C)C(=O)Nc2c(C)n(C)n(-c3ccccc3)c2=O)cc1. The third kappa shape index (κ3) is 4.46. The molecule has 3 aromatic rings. The summed E-state index contributed by atoms with van der Waals surface area (Å²) in [6.07, 6.45) is -1.16. The number of rotatable bonds is 6. The summed E-state index contributed by atoms with van der Waals surface area (Å²) in [5.74, 6) is -1.91. The first-order chi connectivity index (χ1) is 15.2. The van der Waals surface area contributed by atoms with Gasteiger partial charge in [0, 0.05) is 7.05 Å². The molecule has 0 fully saturated rings. The Bertz CT molecular complexity index is 1210. The van der Waals surface area contributed by atoms with Crippen LogP contribution in [-0.4, -0.2) is 40.4 Å². The smallest absolute Gasteiger partial charge is 0.338 e. The van der Waals surface area contributed by atoms with Crippen LogP contribution in [0, 0.1) is 6.92 Å². The number of hydrogen-bond acceptors (Lipinski definition) is 6. The Labute approximate surface area is 184 Å². The molecule has 1 unspecified atom stereocenters. The predicted molar refractivity (Wildman–Crippen MR) is 117 cm³/mol. The quantitative estimate of drug-likeness (QED) is 0.594. The maximum Gasteiger partial charge on any atom is 0.338 e. The minimum Gasteiger partial charge on any atom is -0.465 e. The average molecular weight is 437 g/mol. The Morgan fingerprint density at radius 2 is 1.50 bits per heavy atom. The van der Waals surface area contributed by atoms with Crippen molar-refractivity contribution in [2.75, 3.05) is 12.4 Å². The van der Waals surface area contributed by atoms with E-state index >= 15 is 0 Å². The summed E-state index contributed by atoms with van der Waals surface area (Å²) in [5, 5.41) is 2.57. The highest BCUT2D eigenvalue weighted by Gasteiger charge is 2.23. The maximum absolute atomic E-state index is 12.9. The third-order valence-electron chi connectivity index (χ3n) is 5.00. The molecular formula is C23H23N3O6. The Morgan fingerprint density at radius 3 is 2.06 bits per heavy atom. The highest BCUT2D eigenvalue weighted by molar-refractivity contribution is 5.98. The summed E-state index contributed by atoms with van der Waals surface area (Å²) in [6, 6.07) is 14.7. The molecule has 1 amide bonds. The van der Waals surface area contributed by atoms with Gasteiger partial charge in [0.2, 0.25) is 0 Å². The van der Waals surface area contributed by atoms with Crippen LogP contribution in [0.1, 0.15) is 33.3 Å². The van der Waals surface area contributed by atoms with E-state index < -0.39 is 29.5 Å². The molecule has 0 saturated carbocycles. The van der Waals surface area contributed by atoms with Gasteiger partial charge in [-0.3, -0.25) is 14.3 Å². The molecule has 1 N–H and O–H groups in total. The van der Waals surface area contributed by atoms with Crippen LogP contribution in [0.4, 0.5) is 5.69 Å². The van der Waals surface area contributed by atoms with Gasteiger partial charge in [-0.2, -0.15) is 0 Å². The Hall–Kier alpha value is -4.14. The molecular weight excluding hydrogens is 414 g/mol. The number of ether oxygens (including phenoxy) is 2. The van der Waals surface area contributed by atoms with E-state index in [2.05, 4.69) is 10.1 Å². The first-order valence-corrected chi connectivity index (χ1v) is 9.78. The van der Waals surface area contributed by atoms with Crippen molar-refractivity contribution in [3.05, 3.63) is 81.8 Å². The van der Waals surface area contributed by atoms with E-state index in [0.29, 0.717) is 11.4 Å². The van der Waals surface area contributed by atoms with Crippen molar-refractivity contribution >= 4 is 23.5 Å². The van der Waals surface area contributed by atoms with Crippen molar-refractivity contribution in [3.8, 4) is 5.69 Å². The number of para-hydroxylation sites is 1. The van der Waals surface area contributed by atoms with E-state index in [4.69, 9.17) is 4.74 Å². The van der Waals surface area contributed by atoms with Gasteiger partial charge in [-0.25, -0.2) is 14.3 Å². The van der Waals surface area contributed by atoms with Gasteiger partial charge in [-0.15, -0.1) is 0 Å². The first-order valence-electron chi connectivity index (χ1n) is 9.78. The van der Waals surface area contributed by atoms with E-state index in [0.717, 1.165) is 0 Å². The molecule has 0 aliphatic rings. The van der Waals surface area contributed by atoms with Gasteiger partial charge in [-0.1, -0.05) is 18.2 Å². The molecule has 0 aliphatic heterocycles. The minimum absolute atomic E-state index is 0.103. The molecule has 1 aromatic heterocycles. The second-order valence-corrected chi connectivity index (χ2v) is 7.04. The van der Waals surface area contributed by atoms with Crippen molar-refractivity contribution in [2.24, 2.45) is 7.05 Å². The second kappa shape index (κ2) is 9.34. The van der Waals surface area contributed by atoms with Gasteiger partial charge in [0.05, 0.1) is 29.6 Å². The average Bonchev–Trinajstić information content (AvgIpc) is 3.02. The van der Waals surface area contributed by atoms with Gasteiger partial charge in [0.25, 0.3) is 11.5 Å². The number of carbonyl (C=O) groups is 3. The van der Waals surface area contributed by atoms with Crippen LogP contribution >= 0.6 is 0 Å². The number of nitrogens with one attached hydrogen (secondary N) is 1. The highest BCUT2D eigenvalue weighted by atomic mass is 16.5. The lowest BCUT2D eigenvalue weighted by molar-refractivity contribution is -0.123. The van der Waals surface area contributed by atoms with Crippen LogP contribution in [0.2, 0.25) is 0 Å². The molecule has 9 heteroatoms. The van der Waals surface area contributed by atoms with Gasteiger partial charge in [0.1, 0.15) is 5.69 Å².